The van der Waals surface area contributed by atoms with Crippen molar-refractivity contribution in [3.63, 3.8) is 0 Å². The predicted molar refractivity (Wildman–Crippen MR) is 147 cm³/mol. The monoisotopic (exact) mass is 529 g/mol. The summed E-state index contributed by atoms with van der Waals surface area (Å²) in [5, 5.41) is 2.02. The van der Waals surface area contributed by atoms with Gasteiger partial charge < -0.3 is 9.64 Å². The van der Waals surface area contributed by atoms with Crippen LogP contribution >= 0.6 is 35.0 Å². The van der Waals surface area contributed by atoms with Crippen LogP contribution in [0.3, 0.4) is 0 Å². The van der Waals surface area contributed by atoms with Gasteiger partial charge >= 0.3 is 5.97 Å². The van der Waals surface area contributed by atoms with Gasteiger partial charge in [0.25, 0.3) is 0 Å². The number of thioether (sulfide) groups is 1. The minimum Gasteiger partial charge on any atom is -0.464 e. The second-order valence-electron chi connectivity index (χ2n) is 9.87. The topological polar surface area (TPSA) is 46.6 Å². The lowest BCUT2D eigenvalue weighted by Gasteiger charge is -2.31. The Kier molecular flexibility index (Phi) is 7.99. The van der Waals surface area contributed by atoms with E-state index in [1.165, 1.54) is 11.8 Å². The maximum absolute atomic E-state index is 14.0. The van der Waals surface area contributed by atoms with Crippen LogP contribution in [0.1, 0.15) is 43.6 Å². The van der Waals surface area contributed by atoms with E-state index in [9.17, 15) is 9.59 Å². The molecule has 0 fully saturated rings. The first-order valence-electron chi connectivity index (χ1n) is 11.6. The van der Waals surface area contributed by atoms with Crippen LogP contribution in [0, 0.1) is 5.41 Å². The molecular formula is C28H29Cl2NO3S. The SMILES string of the molecule is CC(C)(C)CN1C(=O)[C@@H](CC(=O)OCCCl)S[C@H](c2cccc3ccccc23)c2cc(Cl)ccc21. The molecule has 0 N–H and O–H groups in total. The van der Waals surface area contributed by atoms with Crippen molar-refractivity contribution >= 4 is 63.3 Å². The number of esters is 1. The molecule has 0 unspecified atom stereocenters. The molecule has 0 spiro atoms. The highest BCUT2D eigenvalue weighted by molar-refractivity contribution is 8.01. The number of fused-ring (bicyclic) bond motifs is 2. The molecule has 4 nitrogen and oxygen atoms in total. The molecule has 0 aliphatic carbocycles. The smallest absolute Gasteiger partial charge is 0.307 e. The molecule has 0 radical (unpaired) electrons. The number of halogens is 2. The van der Waals surface area contributed by atoms with Crippen molar-refractivity contribution in [2.75, 3.05) is 23.9 Å². The van der Waals surface area contributed by atoms with Crippen molar-refractivity contribution in [3.05, 3.63) is 76.8 Å². The molecule has 4 rings (SSSR count). The molecule has 1 aliphatic rings. The van der Waals surface area contributed by atoms with Crippen LogP contribution in [0.2, 0.25) is 5.02 Å². The fraction of sp³-hybridized carbons (Fsp3) is 0.357. The number of ether oxygens (including phenoxy) is 1. The highest BCUT2D eigenvalue weighted by Gasteiger charge is 2.39. The van der Waals surface area contributed by atoms with E-state index in [1.54, 1.807) is 0 Å². The van der Waals surface area contributed by atoms with Gasteiger partial charge in [0, 0.05) is 17.3 Å². The highest BCUT2D eigenvalue weighted by Crippen LogP contribution is 2.49. The molecule has 184 valence electrons. The lowest BCUT2D eigenvalue weighted by molar-refractivity contribution is -0.144. The Bertz CT molecular complexity index is 1240. The highest BCUT2D eigenvalue weighted by atomic mass is 35.5. The molecule has 3 aromatic rings. The second-order valence-corrected chi connectivity index (χ2v) is 12.0. The number of nitrogens with zero attached hydrogens (tertiary/aromatic N) is 1. The first-order valence-corrected chi connectivity index (χ1v) is 13.5. The lowest BCUT2D eigenvalue weighted by Crippen LogP contribution is -2.42. The van der Waals surface area contributed by atoms with Crippen LogP contribution in [-0.2, 0) is 14.3 Å². The number of carbonyl (C=O) groups excluding carboxylic acids is 2. The van der Waals surface area contributed by atoms with E-state index in [1.807, 2.05) is 41.3 Å². The van der Waals surface area contributed by atoms with E-state index in [2.05, 4.69) is 45.0 Å². The quantitative estimate of drug-likeness (QED) is 0.249. The Hall–Kier alpha value is -2.21. The van der Waals surface area contributed by atoms with Gasteiger partial charge in [0.2, 0.25) is 5.91 Å². The average molecular weight is 531 g/mol. The summed E-state index contributed by atoms with van der Waals surface area (Å²) in [6.07, 6.45) is -0.0238. The number of benzene rings is 3. The molecule has 0 aromatic heterocycles. The molecule has 1 aliphatic heterocycles. The van der Waals surface area contributed by atoms with Crippen LogP contribution in [-0.4, -0.2) is 36.2 Å². The molecule has 0 saturated heterocycles. The Morgan fingerprint density at radius 1 is 1.06 bits per heavy atom. The molecule has 0 bridgehead atoms. The van der Waals surface area contributed by atoms with E-state index in [0.717, 1.165) is 27.6 Å². The van der Waals surface area contributed by atoms with Gasteiger partial charge in [-0.3, -0.25) is 9.59 Å². The Balaban J connectivity index is 1.88. The molecule has 3 aromatic carbocycles. The summed E-state index contributed by atoms with van der Waals surface area (Å²) in [5.74, 6) is -0.303. The summed E-state index contributed by atoms with van der Waals surface area (Å²) in [6.45, 7) is 6.93. The zero-order chi connectivity index (χ0) is 25.2. The molecule has 1 amide bonds. The Labute approximate surface area is 220 Å². The first kappa shape index (κ1) is 25.9. The average Bonchev–Trinajstić information content (AvgIpc) is 2.92. The first-order chi connectivity index (χ1) is 16.7. The summed E-state index contributed by atoms with van der Waals surface area (Å²) < 4.78 is 5.25. The molecular weight excluding hydrogens is 501 g/mol. The molecule has 35 heavy (non-hydrogen) atoms. The zero-order valence-electron chi connectivity index (χ0n) is 20.1. The predicted octanol–water partition coefficient (Wildman–Crippen LogP) is 7.25. The van der Waals surface area contributed by atoms with Crippen molar-refractivity contribution in [2.24, 2.45) is 5.41 Å². The van der Waals surface area contributed by atoms with Crippen molar-refractivity contribution < 1.29 is 14.3 Å². The van der Waals surface area contributed by atoms with Gasteiger partial charge in [0.15, 0.2) is 0 Å². The number of amides is 1. The van der Waals surface area contributed by atoms with E-state index >= 15 is 0 Å². The Morgan fingerprint density at radius 3 is 2.54 bits per heavy atom. The van der Waals surface area contributed by atoms with Gasteiger partial charge in [0.05, 0.1) is 22.8 Å². The fourth-order valence-electron chi connectivity index (χ4n) is 4.42. The number of anilines is 1. The number of alkyl halides is 1. The molecule has 1 heterocycles. The maximum atomic E-state index is 14.0. The van der Waals surface area contributed by atoms with Gasteiger partial charge in [-0.15, -0.1) is 23.4 Å². The van der Waals surface area contributed by atoms with Crippen LogP contribution in [0.4, 0.5) is 5.69 Å². The maximum Gasteiger partial charge on any atom is 0.307 e. The van der Waals surface area contributed by atoms with Crippen LogP contribution < -0.4 is 4.90 Å². The number of hydrogen-bond acceptors (Lipinski definition) is 4. The third kappa shape index (κ3) is 5.96. The van der Waals surface area contributed by atoms with E-state index in [-0.39, 0.29) is 35.5 Å². The second kappa shape index (κ2) is 10.8. The Morgan fingerprint density at radius 2 is 1.80 bits per heavy atom. The summed E-state index contributed by atoms with van der Waals surface area (Å²) in [7, 11) is 0. The van der Waals surface area contributed by atoms with E-state index < -0.39 is 11.2 Å². The third-order valence-electron chi connectivity index (χ3n) is 5.84. The summed E-state index contributed by atoms with van der Waals surface area (Å²) in [5.41, 5.74) is 2.73. The van der Waals surface area contributed by atoms with E-state index in [4.69, 9.17) is 27.9 Å². The molecule has 0 saturated carbocycles. The number of hydrogen-bond donors (Lipinski definition) is 0. The van der Waals surface area contributed by atoms with Crippen LogP contribution in [0.25, 0.3) is 10.8 Å². The summed E-state index contributed by atoms with van der Waals surface area (Å²) >= 11 is 13.7. The fourth-order valence-corrected chi connectivity index (χ4v) is 6.17. The lowest BCUT2D eigenvalue weighted by atomic mass is 9.93. The molecule has 7 heteroatoms. The van der Waals surface area contributed by atoms with Gasteiger partial charge in [0.1, 0.15) is 6.61 Å². The van der Waals surface area contributed by atoms with Gasteiger partial charge in [-0.05, 0) is 45.5 Å². The van der Waals surface area contributed by atoms with Crippen LogP contribution in [0.5, 0.6) is 0 Å². The van der Waals surface area contributed by atoms with Crippen molar-refractivity contribution in [3.8, 4) is 0 Å². The molecule has 2 atom stereocenters. The van der Waals surface area contributed by atoms with Crippen molar-refractivity contribution in [1.29, 1.82) is 0 Å². The summed E-state index contributed by atoms with van der Waals surface area (Å²) in [4.78, 5) is 28.4. The minimum absolute atomic E-state index is 0.0238. The zero-order valence-corrected chi connectivity index (χ0v) is 22.4. The summed E-state index contributed by atoms with van der Waals surface area (Å²) in [6, 6.07) is 20.1. The van der Waals surface area contributed by atoms with Crippen molar-refractivity contribution in [1.82, 2.24) is 0 Å². The third-order valence-corrected chi connectivity index (χ3v) is 7.70. The minimum atomic E-state index is -0.615. The largest absolute Gasteiger partial charge is 0.464 e. The van der Waals surface area contributed by atoms with Gasteiger partial charge in [-0.25, -0.2) is 0 Å². The number of rotatable bonds is 6. The normalized spacial score (nSPS) is 18.3. The van der Waals surface area contributed by atoms with Gasteiger partial charge in [-0.2, -0.15) is 0 Å². The van der Waals surface area contributed by atoms with E-state index in [0.29, 0.717) is 11.6 Å². The number of carbonyl (C=O) groups is 2. The standard InChI is InChI=1S/C28H29Cl2NO3S/c1-28(2,3)17-31-23-12-11-19(30)15-22(23)26(21-10-6-8-18-7-4-5-9-20(18)21)35-24(27(31)33)16-25(32)34-14-13-29/h4-12,15,24,26H,13-14,16-17H2,1-3H3/t24-,26-/m1/s1. The van der Waals surface area contributed by atoms with Crippen LogP contribution in [0.15, 0.2) is 60.7 Å². The van der Waals surface area contributed by atoms with Crippen molar-refractivity contribution in [2.45, 2.75) is 37.7 Å². The van der Waals surface area contributed by atoms with Gasteiger partial charge in [-0.1, -0.05) is 74.8 Å².